The standard InChI is InChI=1S/C22H31N3O/c1-17(22(2,3)19-10-8-7-9-11-19)23-21(26)25(6)16-18-12-14-20(15-13-18)24(4)5/h7-15,17H,16H2,1-6H3,(H,23,26)/t17-/m1/s1. The van der Waals surface area contributed by atoms with Crippen molar-refractivity contribution in [2.45, 2.75) is 38.8 Å². The Morgan fingerprint density at radius 2 is 1.58 bits per heavy atom. The zero-order valence-electron chi connectivity index (χ0n) is 16.8. The highest BCUT2D eigenvalue weighted by molar-refractivity contribution is 5.74. The van der Waals surface area contributed by atoms with E-state index in [0.29, 0.717) is 6.54 Å². The van der Waals surface area contributed by atoms with Gasteiger partial charge < -0.3 is 15.1 Å². The summed E-state index contributed by atoms with van der Waals surface area (Å²) in [4.78, 5) is 16.4. The van der Waals surface area contributed by atoms with Gasteiger partial charge in [-0.05, 0) is 30.2 Å². The smallest absolute Gasteiger partial charge is 0.317 e. The van der Waals surface area contributed by atoms with E-state index in [1.54, 1.807) is 4.90 Å². The van der Waals surface area contributed by atoms with Crippen LogP contribution in [-0.4, -0.2) is 38.1 Å². The molecule has 2 aromatic carbocycles. The highest BCUT2D eigenvalue weighted by atomic mass is 16.2. The van der Waals surface area contributed by atoms with Crippen LogP contribution in [0.15, 0.2) is 54.6 Å². The molecule has 0 aliphatic heterocycles. The van der Waals surface area contributed by atoms with Crippen molar-refractivity contribution in [3.63, 3.8) is 0 Å². The van der Waals surface area contributed by atoms with Gasteiger partial charge in [-0.15, -0.1) is 0 Å². The van der Waals surface area contributed by atoms with E-state index in [1.807, 2.05) is 39.3 Å². The Morgan fingerprint density at radius 3 is 2.12 bits per heavy atom. The first-order valence-corrected chi connectivity index (χ1v) is 9.05. The molecule has 0 fully saturated rings. The first-order chi connectivity index (χ1) is 12.2. The molecule has 0 aromatic heterocycles. The van der Waals surface area contributed by atoms with Crippen molar-refractivity contribution in [1.82, 2.24) is 10.2 Å². The number of hydrogen-bond donors (Lipinski definition) is 1. The number of anilines is 1. The van der Waals surface area contributed by atoms with E-state index in [0.717, 1.165) is 11.3 Å². The quantitative estimate of drug-likeness (QED) is 0.842. The first kappa shape index (κ1) is 19.8. The Balaban J connectivity index is 1.97. The molecule has 0 saturated heterocycles. The van der Waals surface area contributed by atoms with Crippen molar-refractivity contribution in [3.8, 4) is 0 Å². The van der Waals surface area contributed by atoms with E-state index in [2.05, 4.69) is 67.4 Å². The molecule has 0 bridgehead atoms. The van der Waals surface area contributed by atoms with Gasteiger partial charge in [-0.2, -0.15) is 0 Å². The summed E-state index contributed by atoms with van der Waals surface area (Å²) in [6.07, 6.45) is 0. The normalized spacial score (nSPS) is 12.4. The monoisotopic (exact) mass is 353 g/mol. The molecule has 2 rings (SSSR count). The van der Waals surface area contributed by atoms with Crippen LogP contribution in [0.25, 0.3) is 0 Å². The second-order valence-corrected chi connectivity index (χ2v) is 7.68. The molecule has 0 heterocycles. The molecule has 0 spiro atoms. The van der Waals surface area contributed by atoms with Gasteiger partial charge in [0.2, 0.25) is 0 Å². The number of rotatable bonds is 6. The van der Waals surface area contributed by atoms with Gasteiger partial charge in [0, 0.05) is 44.8 Å². The Labute approximate surface area is 157 Å². The van der Waals surface area contributed by atoms with Crippen LogP contribution in [0.5, 0.6) is 0 Å². The Hall–Kier alpha value is -2.49. The molecule has 0 unspecified atom stereocenters. The SMILES string of the molecule is C[C@@H](NC(=O)N(C)Cc1ccc(N(C)C)cc1)C(C)(C)c1ccccc1. The topological polar surface area (TPSA) is 35.6 Å². The predicted octanol–water partition coefficient (Wildman–Crippen LogP) is 4.26. The molecular formula is C22H31N3O. The highest BCUT2D eigenvalue weighted by Gasteiger charge is 2.29. The minimum atomic E-state index is -0.148. The lowest BCUT2D eigenvalue weighted by atomic mass is 9.78. The third-order valence-corrected chi connectivity index (χ3v) is 5.16. The maximum Gasteiger partial charge on any atom is 0.317 e. The van der Waals surface area contributed by atoms with E-state index in [9.17, 15) is 4.79 Å². The molecular weight excluding hydrogens is 322 g/mol. The highest BCUT2D eigenvalue weighted by Crippen LogP contribution is 2.27. The van der Waals surface area contributed by atoms with Crippen molar-refractivity contribution in [3.05, 3.63) is 65.7 Å². The molecule has 0 saturated carbocycles. The van der Waals surface area contributed by atoms with Gasteiger partial charge in [0.05, 0.1) is 0 Å². The molecule has 140 valence electrons. The number of carbonyl (C=O) groups excluding carboxylic acids is 1. The van der Waals surface area contributed by atoms with Crippen molar-refractivity contribution >= 4 is 11.7 Å². The Morgan fingerprint density at radius 1 is 1.00 bits per heavy atom. The van der Waals surface area contributed by atoms with E-state index < -0.39 is 0 Å². The van der Waals surface area contributed by atoms with E-state index >= 15 is 0 Å². The van der Waals surface area contributed by atoms with Crippen LogP contribution in [0.4, 0.5) is 10.5 Å². The molecule has 0 radical (unpaired) electrons. The third kappa shape index (κ3) is 4.78. The lowest BCUT2D eigenvalue weighted by molar-refractivity contribution is 0.197. The summed E-state index contributed by atoms with van der Waals surface area (Å²) >= 11 is 0. The minimum absolute atomic E-state index is 0.0102. The van der Waals surface area contributed by atoms with E-state index in [4.69, 9.17) is 0 Å². The molecule has 1 N–H and O–H groups in total. The van der Waals surface area contributed by atoms with Crippen LogP contribution in [-0.2, 0) is 12.0 Å². The van der Waals surface area contributed by atoms with E-state index in [-0.39, 0.29) is 17.5 Å². The van der Waals surface area contributed by atoms with Gasteiger partial charge in [0.1, 0.15) is 0 Å². The molecule has 4 nitrogen and oxygen atoms in total. The third-order valence-electron chi connectivity index (χ3n) is 5.16. The number of hydrogen-bond acceptors (Lipinski definition) is 2. The second kappa shape index (κ2) is 8.26. The molecule has 0 aliphatic rings. The van der Waals surface area contributed by atoms with Crippen LogP contribution in [0, 0.1) is 0 Å². The van der Waals surface area contributed by atoms with Crippen LogP contribution >= 0.6 is 0 Å². The van der Waals surface area contributed by atoms with Gasteiger partial charge in [-0.3, -0.25) is 0 Å². The number of urea groups is 1. The number of nitrogens with one attached hydrogen (secondary N) is 1. The van der Waals surface area contributed by atoms with Gasteiger partial charge in [0.15, 0.2) is 0 Å². The van der Waals surface area contributed by atoms with Crippen LogP contribution in [0.3, 0.4) is 0 Å². The minimum Gasteiger partial charge on any atom is -0.378 e. The molecule has 26 heavy (non-hydrogen) atoms. The maximum atomic E-state index is 12.6. The fourth-order valence-corrected chi connectivity index (χ4v) is 2.84. The second-order valence-electron chi connectivity index (χ2n) is 7.68. The fraction of sp³-hybridized carbons (Fsp3) is 0.409. The fourth-order valence-electron chi connectivity index (χ4n) is 2.84. The Kier molecular flexibility index (Phi) is 6.30. The lowest BCUT2D eigenvalue weighted by Crippen LogP contribution is -2.49. The van der Waals surface area contributed by atoms with Gasteiger partial charge >= 0.3 is 6.03 Å². The summed E-state index contributed by atoms with van der Waals surface area (Å²) in [6.45, 7) is 6.96. The molecule has 1 atom stereocenters. The van der Waals surface area contributed by atoms with E-state index in [1.165, 1.54) is 5.56 Å². The van der Waals surface area contributed by atoms with Crippen LogP contribution in [0.1, 0.15) is 31.9 Å². The van der Waals surface area contributed by atoms with Crippen molar-refractivity contribution in [2.75, 3.05) is 26.0 Å². The van der Waals surface area contributed by atoms with Crippen molar-refractivity contribution in [2.24, 2.45) is 0 Å². The summed E-state index contributed by atoms with van der Waals surface area (Å²) < 4.78 is 0. The van der Waals surface area contributed by atoms with Gasteiger partial charge in [-0.25, -0.2) is 4.79 Å². The Bertz CT molecular complexity index is 708. The van der Waals surface area contributed by atoms with Gasteiger partial charge in [-0.1, -0.05) is 56.3 Å². The zero-order chi connectivity index (χ0) is 19.3. The number of carbonyl (C=O) groups is 1. The number of amides is 2. The lowest BCUT2D eigenvalue weighted by Gasteiger charge is -2.34. The summed E-state index contributed by atoms with van der Waals surface area (Å²) in [6, 6.07) is 18.5. The average molecular weight is 354 g/mol. The molecule has 2 aromatic rings. The summed E-state index contributed by atoms with van der Waals surface area (Å²) in [5, 5.41) is 3.15. The summed E-state index contributed by atoms with van der Waals surface area (Å²) in [7, 11) is 5.87. The number of nitrogens with zero attached hydrogens (tertiary/aromatic N) is 2. The summed E-state index contributed by atoms with van der Waals surface area (Å²) in [5.41, 5.74) is 3.34. The van der Waals surface area contributed by atoms with Gasteiger partial charge in [0.25, 0.3) is 0 Å². The van der Waals surface area contributed by atoms with Crippen molar-refractivity contribution in [1.29, 1.82) is 0 Å². The number of benzene rings is 2. The molecule has 4 heteroatoms. The molecule has 0 aliphatic carbocycles. The summed E-state index contributed by atoms with van der Waals surface area (Å²) in [5.74, 6) is 0. The largest absolute Gasteiger partial charge is 0.378 e. The van der Waals surface area contributed by atoms with Crippen molar-refractivity contribution < 1.29 is 4.79 Å². The molecule has 2 amide bonds. The maximum absolute atomic E-state index is 12.6. The first-order valence-electron chi connectivity index (χ1n) is 9.05. The average Bonchev–Trinajstić information content (AvgIpc) is 2.62. The zero-order valence-corrected chi connectivity index (χ0v) is 16.8. The predicted molar refractivity (Wildman–Crippen MR) is 110 cm³/mol. The van der Waals surface area contributed by atoms with Crippen LogP contribution in [0.2, 0.25) is 0 Å². The van der Waals surface area contributed by atoms with Crippen LogP contribution < -0.4 is 10.2 Å².